The quantitative estimate of drug-likeness (QED) is 0.698. The van der Waals surface area contributed by atoms with E-state index in [1.54, 1.807) is 4.90 Å². The molecule has 0 heterocycles. The van der Waals surface area contributed by atoms with Gasteiger partial charge in [-0.15, -0.1) is 0 Å². The van der Waals surface area contributed by atoms with E-state index in [2.05, 4.69) is 0 Å². The van der Waals surface area contributed by atoms with Crippen molar-refractivity contribution in [2.24, 2.45) is 0 Å². The molecule has 0 radical (unpaired) electrons. The average Bonchev–Trinajstić information content (AvgIpc) is 2.63. The summed E-state index contributed by atoms with van der Waals surface area (Å²) in [6.45, 7) is -0.0200. The van der Waals surface area contributed by atoms with Crippen molar-refractivity contribution in [3.8, 4) is 5.75 Å². The summed E-state index contributed by atoms with van der Waals surface area (Å²) in [5.74, 6) is 0.563. The highest BCUT2D eigenvalue weighted by Crippen LogP contribution is 2.25. The van der Waals surface area contributed by atoms with E-state index in [1.807, 2.05) is 91.0 Å². The van der Waals surface area contributed by atoms with E-state index in [0.717, 1.165) is 11.4 Å². The van der Waals surface area contributed by atoms with Gasteiger partial charge in [0.2, 0.25) is 0 Å². The lowest BCUT2D eigenvalue weighted by Crippen LogP contribution is -2.30. The zero-order chi connectivity index (χ0) is 15.9. The third-order valence-electron chi connectivity index (χ3n) is 3.38. The molecule has 0 unspecified atom stereocenters. The van der Waals surface area contributed by atoms with E-state index < -0.39 is 0 Å². The van der Waals surface area contributed by atoms with Crippen molar-refractivity contribution in [3.63, 3.8) is 0 Å². The van der Waals surface area contributed by atoms with Gasteiger partial charge in [0.1, 0.15) is 5.75 Å². The van der Waals surface area contributed by atoms with Crippen LogP contribution in [0.5, 0.6) is 5.75 Å². The van der Waals surface area contributed by atoms with Crippen molar-refractivity contribution < 1.29 is 9.53 Å². The molecule has 3 aromatic carbocycles. The fourth-order valence-electron chi connectivity index (χ4n) is 2.32. The molecule has 0 fully saturated rings. The highest BCUT2D eigenvalue weighted by atomic mass is 16.5. The minimum absolute atomic E-state index is 0.0200. The Labute approximate surface area is 135 Å². The maximum atomic E-state index is 12.7. The zero-order valence-electron chi connectivity index (χ0n) is 12.6. The SMILES string of the molecule is O=C(COc1ccccc1)N(c1ccccc1)c1ccccc1. The predicted octanol–water partition coefficient (Wildman–Crippen LogP) is 4.43. The van der Waals surface area contributed by atoms with Crippen molar-refractivity contribution in [1.82, 2.24) is 0 Å². The summed E-state index contributed by atoms with van der Waals surface area (Å²) < 4.78 is 5.60. The molecule has 0 aromatic heterocycles. The Morgan fingerprint density at radius 3 is 1.61 bits per heavy atom. The lowest BCUT2D eigenvalue weighted by molar-refractivity contribution is -0.119. The molecule has 0 aliphatic carbocycles. The molecule has 0 atom stereocenters. The van der Waals surface area contributed by atoms with Gasteiger partial charge in [-0.3, -0.25) is 9.69 Å². The third-order valence-corrected chi connectivity index (χ3v) is 3.38. The smallest absolute Gasteiger partial charge is 0.269 e. The standard InChI is InChI=1S/C20H17NO2/c22-20(16-23-19-14-8-3-9-15-19)21(17-10-4-1-5-11-17)18-12-6-2-7-13-18/h1-15H,16H2. The van der Waals surface area contributed by atoms with Crippen LogP contribution in [0.4, 0.5) is 11.4 Å². The molecular formula is C20H17NO2. The first-order valence-corrected chi connectivity index (χ1v) is 7.45. The molecule has 0 aliphatic rings. The number of rotatable bonds is 5. The molecule has 0 spiro atoms. The van der Waals surface area contributed by atoms with Crippen molar-refractivity contribution >= 4 is 17.3 Å². The second-order valence-corrected chi connectivity index (χ2v) is 5.00. The zero-order valence-corrected chi connectivity index (χ0v) is 12.6. The maximum absolute atomic E-state index is 12.7. The number of carbonyl (C=O) groups is 1. The monoisotopic (exact) mass is 303 g/mol. The first-order valence-electron chi connectivity index (χ1n) is 7.45. The summed E-state index contributed by atoms with van der Waals surface area (Å²) in [4.78, 5) is 14.4. The number of hydrogen-bond acceptors (Lipinski definition) is 2. The first kappa shape index (κ1) is 14.9. The van der Waals surface area contributed by atoms with E-state index >= 15 is 0 Å². The molecule has 0 saturated carbocycles. The minimum atomic E-state index is -0.119. The maximum Gasteiger partial charge on any atom is 0.269 e. The Kier molecular flexibility index (Phi) is 4.69. The van der Waals surface area contributed by atoms with Crippen LogP contribution in [0, 0.1) is 0 Å². The van der Waals surface area contributed by atoms with Gasteiger partial charge in [-0.05, 0) is 36.4 Å². The van der Waals surface area contributed by atoms with E-state index in [4.69, 9.17) is 4.74 Å². The minimum Gasteiger partial charge on any atom is -0.484 e. The fourth-order valence-corrected chi connectivity index (χ4v) is 2.32. The van der Waals surface area contributed by atoms with Gasteiger partial charge in [-0.2, -0.15) is 0 Å². The first-order chi connectivity index (χ1) is 11.3. The second-order valence-electron chi connectivity index (χ2n) is 5.00. The number of hydrogen-bond donors (Lipinski definition) is 0. The Morgan fingerprint density at radius 1 is 0.696 bits per heavy atom. The van der Waals surface area contributed by atoms with E-state index in [-0.39, 0.29) is 12.5 Å². The largest absolute Gasteiger partial charge is 0.484 e. The molecule has 3 aromatic rings. The van der Waals surface area contributed by atoms with Gasteiger partial charge < -0.3 is 4.74 Å². The van der Waals surface area contributed by atoms with Crippen LogP contribution in [0.15, 0.2) is 91.0 Å². The van der Waals surface area contributed by atoms with Crippen LogP contribution in [0.3, 0.4) is 0 Å². The highest BCUT2D eigenvalue weighted by Gasteiger charge is 2.18. The van der Waals surface area contributed by atoms with Gasteiger partial charge in [0.25, 0.3) is 5.91 Å². The molecule has 0 aliphatic heterocycles. The summed E-state index contributed by atoms with van der Waals surface area (Å²) >= 11 is 0. The normalized spacial score (nSPS) is 10.1. The van der Waals surface area contributed by atoms with Gasteiger partial charge in [0, 0.05) is 11.4 Å². The van der Waals surface area contributed by atoms with Crippen molar-refractivity contribution in [1.29, 1.82) is 0 Å². The van der Waals surface area contributed by atoms with Crippen LogP contribution in [-0.2, 0) is 4.79 Å². The number of amides is 1. The number of carbonyl (C=O) groups excluding carboxylic acids is 1. The number of anilines is 2. The van der Waals surface area contributed by atoms with Crippen LogP contribution in [0.25, 0.3) is 0 Å². The summed E-state index contributed by atoms with van der Waals surface area (Å²) in [6, 6.07) is 28.5. The summed E-state index contributed by atoms with van der Waals surface area (Å²) in [7, 11) is 0. The Balaban J connectivity index is 1.82. The van der Waals surface area contributed by atoms with E-state index in [9.17, 15) is 4.79 Å². The summed E-state index contributed by atoms with van der Waals surface area (Å²) in [5, 5.41) is 0. The van der Waals surface area contributed by atoms with Crippen LogP contribution in [0.2, 0.25) is 0 Å². The lowest BCUT2D eigenvalue weighted by atomic mass is 10.2. The Hall–Kier alpha value is -3.07. The van der Waals surface area contributed by atoms with Crippen LogP contribution < -0.4 is 9.64 Å². The topological polar surface area (TPSA) is 29.5 Å². The highest BCUT2D eigenvalue weighted by molar-refractivity contribution is 6.01. The molecular weight excluding hydrogens is 286 g/mol. The van der Waals surface area contributed by atoms with Gasteiger partial charge in [-0.25, -0.2) is 0 Å². The molecule has 23 heavy (non-hydrogen) atoms. The van der Waals surface area contributed by atoms with Crippen molar-refractivity contribution in [2.75, 3.05) is 11.5 Å². The Morgan fingerprint density at radius 2 is 1.13 bits per heavy atom. The number of nitrogens with zero attached hydrogens (tertiary/aromatic N) is 1. The van der Waals surface area contributed by atoms with E-state index in [1.165, 1.54) is 0 Å². The van der Waals surface area contributed by atoms with Crippen molar-refractivity contribution in [3.05, 3.63) is 91.0 Å². The van der Waals surface area contributed by atoms with Crippen LogP contribution >= 0.6 is 0 Å². The second kappa shape index (κ2) is 7.27. The fraction of sp³-hybridized carbons (Fsp3) is 0.0500. The molecule has 114 valence electrons. The van der Waals surface area contributed by atoms with Crippen molar-refractivity contribution in [2.45, 2.75) is 0 Å². The molecule has 3 heteroatoms. The Bertz CT molecular complexity index is 703. The molecule has 3 rings (SSSR count). The molecule has 0 bridgehead atoms. The van der Waals surface area contributed by atoms with Gasteiger partial charge >= 0.3 is 0 Å². The third kappa shape index (κ3) is 3.77. The summed E-state index contributed by atoms with van der Waals surface area (Å²) in [6.07, 6.45) is 0. The van der Waals surface area contributed by atoms with Crippen LogP contribution in [0.1, 0.15) is 0 Å². The molecule has 0 N–H and O–H groups in total. The molecule has 1 amide bonds. The predicted molar refractivity (Wildman–Crippen MR) is 92.0 cm³/mol. The number of ether oxygens (including phenoxy) is 1. The summed E-state index contributed by atoms with van der Waals surface area (Å²) in [5.41, 5.74) is 1.64. The number of benzene rings is 3. The average molecular weight is 303 g/mol. The lowest BCUT2D eigenvalue weighted by Gasteiger charge is -2.23. The van der Waals surface area contributed by atoms with E-state index in [0.29, 0.717) is 5.75 Å². The van der Waals surface area contributed by atoms with Gasteiger partial charge in [0.15, 0.2) is 6.61 Å². The molecule has 3 nitrogen and oxygen atoms in total. The molecule has 0 saturated heterocycles. The van der Waals surface area contributed by atoms with Gasteiger partial charge in [-0.1, -0.05) is 54.6 Å². The number of para-hydroxylation sites is 3. The van der Waals surface area contributed by atoms with Gasteiger partial charge in [0.05, 0.1) is 0 Å². The van der Waals surface area contributed by atoms with Crippen LogP contribution in [-0.4, -0.2) is 12.5 Å².